The zero-order valence-electron chi connectivity index (χ0n) is 13.5. The molecule has 0 saturated heterocycles. The van der Waals surface area contributed by atoms with Gasteiger partial charge in [-0.3, -0.25) is 4.79 Å². The Morgan fingerprint density at radius 2 is 1.60 bits per heavy atom. The predicted molar refractivity (Wildman–Crippen MR) is 85.3 cm³/mol. The highest BCUT2D eigenvalue weighted by molar-refractivity contribution is 5.91. The molecule has 2 aromatic rings. The topological polar surface area (TPSA) is 29.1 Å². The van der Waals surface area contributed by atoms with Crippen molar-refractivity contribution in [2.75, 3.05) is 0 Å². The van der Waals surface area contributed by atoms with Crippen molar-refractivity contribution in [3.05, 3.63) is 71.0 Å². The van der Waals surface area contributed by atoms with Crippen LogP contribution in [0.1, 0.15) is 42.5 Å². The zero-order valence-corrected chi connectivity index (χ0v) is 13.5. The lowest BCUT2D eigenvalue weighted by Gasteiger charge is -2.21. The largest absolute Gasteiger partial charge is 0.416 e. The second-order valence-electron chi connectivity index (χ2n) is 6.40. The Morgan fingerprint density at radius 3 is 2.08 bits per heavy atom. The molecule has 2 aromatic carbocycles. The van der Waals surface area contributed by atoms with Gasteiger partial charge in [-0.2, -0.15) is 13.2 Å². The third kappa shape index (κ3) is 3.52. The van der Waals surface area contributed by atoms with Gasteiger partial charge >= 0.3 is 6.18 Å². The molecule has 0 heterocycles. The molecule has 1 saturated carbocycles. The molecule has 0 radical (unpaired) electrons. The number of nitrogens with one attached hydrogen (secondary N) is 1. The Balaban J connectivity index is 1.71. The van der Waals surface area contributed by atoms with E-state index >= 15 is 0 Å². The summed E-state index contributed by atoms with van der Waals surface area (Å²) < 4.78 is 50.9. The number of amides is 1. The number of carbonyl (C=O) groups excluding carboxylic acids is 1. The molecule has 0 spiro atoms. The molecule has 1 fully saturated rings. The van der Waals surface area contributed by atoms with Crippen LogP contribution in [0.15, 0.2) is 48.5 Å². The summed E-state index contributed by atoms with van der Waals surface area (Å²) in [4.78, 5) is 12.6. The molecular weight excluding hydrogens is 334 g/mol. The van der Waals surface area contributed by atoms with E-state index in [0.29, 0.717) is 18.4 Å². The van der Waals surface area contributed by atoms with Crippen LogP contribution in [0.2, 0.25) is 0 Å². The minimum atomic E-state index is -4.38. The molecular formula is C19H17F4NO. The van der Waals surface area contributed by atoms with Crippen molar-refractivity contribution in [1.82, 2.24) is 5.32 Å². The summed E-state index contributed by atoms with van der Waals surface area (Å²) in [5.74, 6) is -0.551. The number of halogens is 4. The number of alkyl halides is 3. The Bertz CT molecular complexity index is 762. The van der Waals surface area contributed by atoms with Crippen molar-refractivity contribution < 1.29 is 22.4 Å². The lowest BCUT2D eigenvalue weighted by molar-refractivity contribution is -0.137. The van der Waals surface area contributed by atoms with Gasteiger partial charge in [0, 0.05) is 0 Å². The summed E-state index contributed by atoms with van der Waals surface area (Å²) in [6.07, 6.45) is -3.04. The first-order valence-corrected chi connectivity index (χ1v) is 7.96. The van der Waals surface area contributed by atoms with E-state index in [1.807, 2.05) is 0 Å². The van der Waals surface area contributed by atoms with Gasteiger partial charge in [-0.1, -0.05) is 24.3 Å². The summed E-state index contributed by atoms with van der Waals surface area (Å²) in [7, 11) is 0. The fraction of sp³-hybridized carbons (Fsp3) is 0.316. The molecule has 1 N–H and O–H groups in total. The monoisotopic (exact) mass is 351 g/mol. The first-order chi connectivity index (χ1) is 11.7. The number of rotatable bonds is 4. The van der Waals surface area contributed by atoms with Crippen LogP contribution in [0, 0.1) is 5.82 Å². The molecule has 1 unspecified atom stereocenters. The second kappa shape index (κ2) is 6.17. The highest BCUT2D eigenvalue weighted by Gasteiger charge is 2.51. The van der Waals surface area contributed by atoms with E-state index in [-0.39, 0.29) is 11.7 Å². The van der Waals surface area contributed by atoms with Crippen molar-refractivity contribution in [1.29, 1.82) is 0 Å². The molecule has 0 bridgehead atoms. The van der Waals surface area contributed by atoms with Gasteiger partial charge in [0.05, 0.1) is 17.0 Å². The van der Waals surface area contributed by atoms with E-state index in [4.69, 9.17) is 0 Å². The van der Waals surface area contributed by atoms with Crippen molar-refractivity contribution in [2.24, 2.45) is 0 Å². The van der Waals surface area contributed by atoms with Gasteiger partial charge in [-0.15, -0.1) is 0 Å². The molecule has 1 aliphatic carbocycles. The van der Waals surface area contributed by atoms with Crippen molar-refractivity contribution in [3.63, 3.8) is 0 Å². The fourth-order valence-corrected chi connectivity index (χ4v) is 2.92. The van der Waals surface area contributed by atoms with Gasteiger partial charge in [0.25, 0.3) is 0 Å². The average Bonchev–Trinajstić information content (AvgIpc) is 3.36. The van der Waals surface area contributed by atoms with Crippen LogP contribution in [0.3, 0.4) is 0 Å². The number of benzene rings is 2. The van der Waals surface area contributed by atoms with Gasteiger partial charge < -0.3 is 5.32 Å². The minimum Gasteiger partial charge on any atom is -0.349 e. The zero-order chi connectivity index (χ0) is 18.2. The summed E-state index contributed by atoms with van der Waals surface area (Å²) in [5, 5.41) is 2.86. The Kier molecular flexibility index (Phi) is 4.31. The maximum Gasteiger partial charge on any atom is 0.416 e. The fourth-order valence-electron chi connectivity index (χ4n) is 2.92. The lowest BCUT2D eigenvalue weighted by Crippen LogP contribution is -2.36. The minimum absolute atomic E-state index is 0.188. The normalized spacial score (nSPS) is 17.0. The maximum absolute atomic E-state index is 13.1. The summed E-state index contributed by atoms with van der Waals surface area (Å²) in [5.41, 5.74) is -0.0320. The molecule has 2 nitrogen and oxygen atoms in total. The van der Waals surface area contributed by atoms with Gasteiger partial charge in [-0.25, -0.2) is 4.39 Å². The van der Waals surface area contributed by atoms with E-state index < -0.39 is 23.2 Å². The first kappa shape index (κ1) is 17.5. The van der Waals surface area contributed by atoms with Crippen LogP contribution >= 0.6 is 0 Å². The molecule has 25 heavy (non-hydrogen) atoms. The summed E-state index contributed by atoms with van der Waals surface area (Å²) in [6.45, 7) is 1.72. The van der Waals surface area contributed by atoms with Crippen LogP contribution in [0.25, 0.3) is 0 Å². The number of hydrogen-bond donors (Lipinski definition) is 1. The Hall–Kier alpha value is -2.37. The quantitative estimate of drug-likeness (QED) is 0.791. The van der Waals surface area contributed by atoms with Gasteiger partial charge in [-0.05, 0) is 55.2 Å². The molecule has 1 aliphatic rings. The molecule has 1 atom stereocenters. The molecule has 3 rings (SSSR count). The summed E-state index contributed by atoms with van der Waals surface area (Å²) >= 11 is 0. The van der Waals surface area contributed by atoms with E-state index in [1.165, 1.54) is 24.3 Å². The van der Waals surface area contributed by atoms with Crippen LogP contribution < -0.4 is 5.32 Å². The highest BCUT2D eigenvalue weighted by atomic mass is 19.4. The summed E-state index contributed by atoms with van der Waals surface area (Å²) in [6, 6.07) is 10.2. The highest BCUT2D eigenvalue weighted by Crippen LogP contribution is 2.48. The van der Waals surface area contributed by atoms with E-state index in [9.17, 15) is 22.4 Å². The van der Waals surface area contributed by atoms with Crippen LogP contribution in [0.4, 0.5) is 17.6 Å². The average molecular weight is 351 g/mol. The van der Waals surface area contributed by atoms with E-state index in [0.717, 1.165) is 17.7 Å². The SMILES string of the molecule is CC(NC(=O)C1(c2ccc(F)cc2)CC1)c1ccc(C(F)(F)F)cc1. The maximum atomic E-state index is 13.1. The van der Waals surface area contributed by atoms with Crippen molar-refractivity contribution in [3.8, 4) is 0 Å². The predicted octanol–water partition coefficient (Wildman–Crippen LogP) is 4.75. The third-order valence-electron chi connectivity index (χ3n) is 4.67. The van der Waals surface area contributed by atoms with Gasteiger partial charge in [0.15, 0.2) is 0 Å². The molecule has 0 aromatic heterocycles. The second-order valence-corrected chi connectivity index (χ2v) is 6.40. The van der Waals surface area contributed by atoms with E-state index in [2.05, 4.69) is 5.32 Å². The Labute approximate surface area is 142 Å². The van der Waals surface area contributed by atoms with Crippen molar-refractivity contribution >= 4 is 5.91 Å². The van der Waals surface area contributed by atoms with Crippen LogP contribution in [0.5, 0.6) is 0 Å². The third-order valence-corrected chi connectivity index (χ3v) is 4.67. The van der Waals surface area contributed by atoms with Crippen LogP contribution in [-0.4, -0.2) is 5.91 Å². The molecule has 1 amide bonds. The first-order valence-electron chi connectivity index (χ1n) is 7.96. The molecule has 6 heteroatoms. The van der Waals surface area contributed by atoms with Crippen molar-refractivity contribution in [2.45, 2.75) is 37.4 Å². The number of hydrogen-bond acceptors (Lipinski definition) is 1. The molecule has 0 aliphatic heterocycles. The van der Waals surface area contributed by atoms with E-state index in [1.54, 1.807) is 19.1 Å². The smallest absolute Gasteiger partial charge is 0.349 e. The standard InChI is InChI=1S/C19H17F4NO/c1-12(13-2-4-15(5-3-13)19(21,22)23)24-17(25)18(10-11-18)14-6-8-16(20)9-7-14/h2-9,12H,10-11H2,1H3,(H,24,25). The molecule has 132 valence electrons. The Morgan fingerprint density at radius 1 is 1.04 bits per heavy atom. The van der Waals surface area contributed by atoms with Gasteiger partial charge in [0.2, 0.25) is 5.91 Å². The lowest BCUT2D eigenvalue weighted by atomic mass is 9.94. The number of carbonyl (C=O) groups is 1. The van der Waals surface area contributed by atoms with Gasteiger partial charge in [0.1, 0.15) is 5.82 Å². The van der Waals surface area contributed by atoms with Crippen LogP contribution in [-0.2, 0) is 16.4 Å².